The van der Waals surface area contributed by atoms with Gasteiger partial charge in [0.1, 0.15) is 17.3 Å². The number of halogens is 1. The minimum absolute atomic E-state index is 0.295. The van der Waals surface area contributed by atoms with Crippen LogP contribution in [0.4, 0.5) is 15.9 Å². The smallest absolute Gasteiger partial charge is 0.273 e. The van der Waals surface area contributed by atoms with Gasteiger partial charge >= 0.3 is 0 Å². The number of hydrogen-bond acceptors (Lipinski definition) is 3. The Morgan fingerprint density at radius 2 is 2.33 bits per heavy atom. The average Bonchev–Trinajstić information content (AvgIpc) is 2.73. The van der Waals surface area contributed by atoms with Crippen molar-refractivity contribution < 1.29 is 9.18 Å². The van der Waals surface area contributed by atoms with E-state index in [1.807, 2.05) is 6.92 Å². The number of aromatic nitrogens is 2. The van der Waals surface area contributed by atoms with Crippen LogP contribution in [-0.4, -0.2) is 15.5 Å². The lowest BCUT2D eigenvalue weighted by Gasteiger charge is -2.06. The zero-order valence-electron chi connectivity index (χ0n) is 9.85. The summed E-state index contributed by atoms with van der Waals surface area (Å²) in [6, 6.07) is 4.22. The second kappa shape index (κ2) is 4.87. The van der Waals surface area contributed by atoms with Gasteiger partial charge in [-0.05, 0) is 25.1 Å². The number of aryl methyl sites for hydroxylation is 1. The monoisotopic (exact) mass is 248 g/mol. The Morgan fingerprint density at radius 1 is 1.56 bits per heavy atom. The van der Waals surface area contributed by atoms with Crippen LogP contribution in [0.15, 0.2) is 30.6 Å². The molecule has 1 amide bonds. The lowest BCUT2D eigenvalue weighted by Crippen LogP contribution is -2.17. The molecular formula is C12H13FN4O. The number of hydrogen-bond donors (Lipinski definition) is 2. The first-order chi connectivity index (χ1) is 8.60. The molecule has 0 spiro atoms. The number of amides is 1. The lowest BCUT2D eigenvalue weighted by molar-refractivity contribution is 0.101. The quantitative estimate of drug-likeness (QED) is 0.871. The molecule has 0 aromatic carbocycles. The van der Waals surface area contributed by atoms with Crippen molar-refractivity contribution in [3.05, 3.63) is 42.1 Å². The maximum Gasteiger partial charge on any atom is 0.273 e. The highest BCUT2D eigenvalue weighted by Gasteiger charge is 2.12. The van der Waals surface area contributed by atoms with Gasteiger partial charge in [-0.2, -0.15) is 0 Å². The van der Waals surface area contributed by atoms with Gasteiger partial charge in [0.05, 0.1) is 11.9 Å². The second-order valence-corrected chi connectivity index (χ2v) is 3.76. The van der Waals surface area contributed by atoms with E-state index in [9.17, 15) is 9.18 Å². The summed E-state index contributed by atoms with van der Waals surface area (Å²) < 4.78 is 14.4. The fourth-order valence-electron chi connectivity index (χ4n) is 1.62. The number of carbonyl (C=O) groups is 1. The molecule has 2 aromatic rings. The van der Waals surface area contributed by atoms with Crippen LogP contribution in [-0.2, 0) is 6.54 Å². The number of carbonyl (C=O) groups excluding carboxylic acids is 1. The minimum atomic E-state index is -0.450. The van der Waals surface area contributed by atoms with Crippen LogP contribution in [0.3, 0.4) is 0 Å². The molecule has 0 aliphatic rings. The summed E-state index contributed by atoms with van der Waals surface area (Å²) in [4.78, 5) is 15.7. The highest BCUT2D eigenvalue weighted by Crippen LogP contribution is 2.13. The summed E-state index contributed by atoms with van der Waals surface area (Å²) in [5, 5.41) is 2.58. The van der Waals surface area contributed by atoms with Crippen molar-refractivity contribution in [2.24, 2.45) is 0 Å². The predicted molar refractivity (Wildman–Crippen MR) is 66.7 cm³/mol. The van der Waals surface area contributed by atoms with E-state index in [1.54, 1.807) is 16.8 Å². The lowest BCUT2D eigenvalue weighted by atomic mass is 10.3. The first kappa shape index (κ1) is 12.1. The third-order valence-electron chi connectivity index (χ3n) is 2.46. The Balaban J connectivity index is 2.19. The molecule has 94 valence electrons. The molecule has 0 unspecified atom stereocenters. The van der Waals surface area contributed by atoms with E-state index >= 15 is 0 Å². The van der Waals surface area contributed by atoms with Crippen molar-refractivity contribution in [1.29, 1.82) is 0 Å². The Bertz CT molecular complexity index is 562. The molecule has 2 heterocycles. The minimum Gasteiger partial charge on any atom is -0.397 e. The first-order valence-corrected chi connectivity index (χ1v) is 5.48. The van der Waals surface area contributed by atoms with Gasteiger partial charge in [0.25, 0.3) is 5.91 Å². The van der Waals surface area contributed by atoms with Gasteiger partial charge in [-0.3, -0.25) is 4.79 Å². The van der Waals surface area contributed by atoms with Gasteiger partial charge in [-0.25, -0.2) is 9.37 Å². The summed E-state index contributed by atoms with van der Waals surface area (Å²) >= 11 is 0. The molecule has 2 rings (SSSR count). The fourth-order valence-corrected chi connectivity index (χ4v) is 1.62. The summed E-state index contributed by atoms with van der Waals surface area (Å²) in [5.74, 6) is -0.481. The number of nitrogens with two attached hydrogens (primary N) is 1. The van der Waals surface area contributed by atoms with Gasteiger partial charge < -0.3 is 15.6 Å². The van der Waals surface area contributed by atoms with Crippen LogP contribution < -0.4 is 11.1 Å². The van der Waals surface area contributed by atoms with Crippen LogP contribution in [0, 0.1) is 5.82 Å². The molecule has 0 aliphatic carbocycles. The van der Waals surface area contributed by atoms with Crippen molar-refractivity contribution in [3.8, 4) is 0 Å². The topological polar surface area (TPSA) is 72.9 Å². The van der Waals surface area contributed by atoms with Crippen LogP contribution in [0.2, 0.25) is 0 Å². The Hall–Kier alpha value is -2.37. The number of nitrogens with zero attached hydrogens (tertiary/aromatic N) is 2. The number of rotatable bonds is 3. The van der Waals surface area contributed by atoms with Crippen molar-refractivity contribution >= 4 is 17.4 Å². The third-order valence-corrected chi connectivity index (χ3v) is 2.46. The largest absolute Gasteiger partial charge is 0.397 e. The van der Waals surface area contributed by atoms with Crippen molar-refractivity contribution in [2.45, 2.75) is 13.5 Å². The predicted octanol–water partition coefficient (Wildman–Crippen LogP) is 1.88. The molecule has 6 heteroatoms. The van der Waals surface area contributed by atoms with Crippen LogP contribution in [0.5, 0.6) is 0 Å². The van der Waals surface area contributed by atoms with Crippen molar-refractivity contribution in [1.82, 2.24) is 9.55 Å². The van der Waals surface area contributed by atoms with E-state index in [2.05, 4.69) is 10.3 Å². The Kier molecular flexibility index (Phi) is 3.27. The summed E-state index contributed by atoms with van der Waals surface area (Å²) in [5.41, 5.74) is 6.61. The number of nitrogen functional groups attached to an aromatic ring is 1. The molecule has 0 saturated carbocycles. The molecule has 0 aliphatic heterocycles. The maximum absolute atomic E-state index is 12.7. The van der Waals surface area contributed by atoms with Crippen molar-refractivity contribution in [2.75, 3.05) is 11.1 Å². The second-order valence-electron chi connectivity index (χ2n) is 3.76. The van der Waals surface area contributed by atoms with E-state index in [1.165, 1.54) is 12.1 Å². The van der Waals surface area contributed by atoms with Crippen LogP contribution in [0.25, 0.3) is 0 Å². The fraction of sp³-hybridized carbons (Fsp3) is 0.167. The first-order valence-electron chi connectivity index (χ1n) is 5.48. The number of anilines is 2. The average molecular weight is 248 g/mol. The van der Waals surface area contributed by atoms with E-state index in [-0.39, 0.29) is 5.91 Å². The number of nitrogens with one attached hydrogen (secondary N) is 1. The summed E-state index contributed by atoms with van der Waals surface area (Å²) in [6.07, 6.45) is 2.73. The molecule has 18 heavy (non-hydrogen) atoms. The molecular weight excluding hydrogens is 235 g/mol. The van der Waals surface area contributed by atoms with Gasteiger partial charge in [0, 0.05) is 12.7 Å². The number of pyridine rings is 1. The van der Waals surface area contributed by atoms with E-state index in [0.29, 0.717) is 23.7 Å². The Morgan fingerprint density at radius 3 is 2.94 bits per heavy atom. The molecule has 0 radical (unpaired) electrons. The molecule has 2 aromatic heterocycles. The molecule has 5 nitrogen and oxygen atoms in total. The molecule has 3 N–H and O–H groups in total. The highest BCUT2D eigenvalue weighted by atomic mass is 19.1. The van der Waals surface area contributed by atoms with Crippen molar-refractivity contribution in [3.63, 3.8) is 0 Å². The normalized spacial score (nSPS) is 10.3. The van der Waals surface area contributed by atoms with Gasteiger partial charge in [-0.15, -0.1) is 0 Å². The third kappa shape index (κ3) is 2.48. The maximum atomic E-state index is 12.7. The SMILES string of the molecule is CCn1cc(N)cc1C(=O)Nc1ccc(F)cn1. The molecule has 0 bridgehead atoms. The Labute approximate surface area is 103 Å². The van der Waals surface area contributed by atoms with E-state index in [0.717, 1.165) is 6.20 Å². The van der Waals surface area contributed by atoms with E-state index in [4.69, 9.17) is 5.73 Å². The van der Waals surface area contributed by atoms with Gasteiger partial charge in [0.15, 0.2) is 0 Å². The van der Waals surface area contributed by atoms with E-state index < -0.39 is 5.82 Å². The van der Waals surface area contributed by atoms with Gasteiger partial charge in [-0.1, -0.05) is 0 Å². The zero-order chi connectivity index (χ0) is 13.1. The highest BCUT2D eigenvalue weighted by molar-refractivity contribution is 6.03. The molecule has 0 fully saturated rings. The summed E-state index contributed by atoms with van der Waals surface area (Å²) in [6.45, 7) is 2.54. The van der Waals surface area contributed by atoms with Gasteiger partial charge in [0.2, 0.25) is 0 Å². The van der Waals surface area contributed by atoms with Crippen LogP contribution in [0.1, 0.15) is 17.4 Å². The summed E-state index contributed by atoms with van der Waals surface area (Å²) in [7, 11) is 0. The zero-order valence-corrected chi connectivity index (χ0v) is 9.85. The molecule has 0 atom stereocenters. The standard InChI is InChI=1S/C12H13FN4O/c1-2-17-7-9(14)5-10(17)12(18)16-11-4-3-8(13)6-15-11/h3-7H,2,14H2,1H3,(H,15,16,18). The van der Waals surface area contributed by atoms with Crippen LogP contribution >= 0.6 is 0 Å². The molecule has 0 saturated heterocycles.